The van der Waals surface area contributed by atoms with E-state index in [1.165, 1.54) is 0 Å². The van der Waals surface area contributed by atoms with E-state index in [0.717, 1.165) is 6.92 Å². The van der Waals surface area contributed by atoms with Crippen LogP contribution < -0.4 is 4.74 Å². The fraction of sp³-hybridized carbons (Fsp3) is 0.625. The van der Waals surface area contributed by atoms with Crippen LogP contribution in [0.3, 0.4) is 0 Å². The number of halogens is 17. The van der Waals surface area contributed by atoms with Gasteiger partial charge in [0.15, 0.2) is 6.61 Å². The zero-order valence-electron chi connectivity index (χ0n) is 16.2. The quantitative estimate of drug-likeness (QED) is 0.330. The second-order valence-corrected chi connectivity index (χ2v) is 6.89. The van der Waals surface area contributed by atoms with Crippen LogP contribution in [0.4, 0.5) is 74.6 Å². The standard InChI is InChI=1S/C16H9F17O2/c1-6-4-7(2-3-8(6)34)35-5-9(17,18)10(19,20)11(21,22)12(23,24)13(25,26)14(27,28)15(29,30)16(31,32)33/h2-4,34H,5H2,1H3. The van der Waals surface area contributed by atoms with Crippen LogP contribution in [0.1, 0.15) is 5.56 Å². The Labute approximate surface area is 182 Å². The van der Waals surface area contributed by atoms with E-state index in [4.69, 9.17) is 0 Å². The maximum absolute atomic E-state index is 13.7. The summed E-state index contributed by atoms with van der Waals surface area (Å²) in [4.78, 5) is 0. The van der Waals surface area contributed by atoms with Crippen molar-refractivity contribution in [2.45, 2.75) is 54.6 Å². The smallest absolute Gasteiger partial charge is 0.460 e. The van der Waals surface area contributed by atoms with E-state index in [2.05, 4.69) is 4.74 Å². The number of ether oxygens (including phenoxy) is 1. The maximum Gasteiger partial charge on any atom is 0.460 e. The van der Waals surface area contributed by atoms with Crippen molar-refractivity contribution in [3.63, 3.8) is 0 Å². The number of aromatic hydroxyl groups is 1. The lowest BCUT2D eigenvalue weighted by Crippen LogP contribution is -2.74. The number of aryl methyl sites for hydroxylation is 1. The first-order valence-corrected chi connectivity index (χ1v) is 8.27. The van der Waals surface area contributed by atoms with E-state index in [0.29, 0.717) is 18.2 Å². The lowest BCUT2D eigenvalue weighted by molar-refractivity contribution is -0.462. The van der Waals surface area contributed by atoms with Gasteiger partial charge >= 0.3 is 47.6 Å². The van der Waals surface area contributed by atoms with Gasteiger partial charge in [-0.25, -0.2) is 0 Å². The van der Waals surface area contributed by atoms with E-state index in [9.17, 15) is 79.7 Å². The fourth-order valence-electron chi connectivity index (χ4n) is 2.18. The highest BCUT2D eigenvalue weighted by molar-refractivity contribution is 5.38. The molecule has 35 heavy (non-hydrogen) atoms. The summed E-state index contributed by atoms with van der Waals surface area (Å²) < 4.78 is 227. The zero-order valence-corrected chi connectivity index (χ0v) is 16.2. The number of rotatable bonds is 9. The molecule has 0 spiro atoms. The van der Waals surface area contributed by atoms with Gasteiger partial charge in [0.25, 0.3) is 0 Å². The molecule has 0 aliphatic rings. The lowest BCUT2D eigenvalue weighted by Gasteiger charge is -2.42. The van der Waals surface area contributed by atoms with Crippen LogP contribution in [-0.4, -0.2) is 59.3 Å². The van der Waals surface area contributed by atoms with Gasteiger partial charge in [0, 0.05) is 0 Å². The van der Waals surface area contributed by atoms with Crippen molar-refractivity contribution in [1.82, 2.24) is 0 Å². The Morgan fingerprint density at radius 2 is 0.971 bits per heavy atom. The molecular formula is C16H9F17O2. The summed E-state index contributed by atoms with van der Waals surface area (Å²) in [7, 11) is 0. The number of benzene rings is 1. The molecule has 1 aromatic rings. The molecule has 0 aliphatic carbocycles. The van der Waals surface area contributed by atoms with Gasteiger partial charge in [-0.3, -0.25) is 0 Å². The van der Waals surface area contributed by atoms with Crippen molar-refractivity contribution in [3.05, 3.63) is 23.8 Å². The molecule has 0 amide bonds. The lowest BCUT2D eigenvalue weighted by atomic mass is 9.89. The highest BCUT2D eigenvalue weighted by atomic mass is 19.4. The molecule has 2 nitrogen and oxygen atoms in total. The third-order valence-corrected chi connectivity index (χ3v) is 4.38. The minimum atomic E-state index is -8.67. The minimum absolute atomic E-state index is 0.207. The van der Waals surface area contributed by atoms with E-state index in [1.807, 2.05) is 0 Å². The predicted octanol–water partition coefficient (Wildman–Crippen LogP) is 7.09. The monoisotopic (exact) mass is 556 g/mol. The Bertz CT molecular complexity index is 919. The van der Waals surface area contributed by atoms with Crippen LogP contribution in [0.25, 0.3) is 0 Å². The van der Waals surface area contributed by atoms with Gasteiger partial charge in [0.2, 0.25) is 0 Å². The van der Waals surface area contributed by atoms with Gasteiger partial charge in [-0.2, -0.15) is 74.6 Å². The third-order valence-electron chi connectivity index (χ3n) is 4.38. The summed E-state index contributed by atoms with van der Waals surface area (Å²) in [6, 6.07) is 1.81. The average molecular weight is 556 g/mol. The summed E-state index contributed by atoms with van der Waals surface area (Å²) in [5.74, 6) is -58.3. The van der Waals surface area contributed by atoms with E-state index in [1.54, 1.807) is 0 Å². The number of hydrogen-bond donors (Lipinski definition) is 1. The molecule has 0 saturated carbocycles. The molecule has 0 radical (unpaired) electrons. The fourth-order valence-corrected chi connectivity index (χ4v) is 2.18. The van der Waals surface area contributed by atoms with Crippen LogP contribution in [-0.2, 0) is 0 Å². The van der Waals surface area contributed by atoms with E-state index < -0.39 is 65.7 Å². The first kappa shape index (κ1) is 30.7. The van der Waals surface area contributed by atoms with Crippen molar-refractivity contribution in [3.8, 4) is 11.5 Å². The SMILES string of the molecule is Cc1cc(OCC(F)(F)C(F)(F)C(F)(F)C(F)(F)C(F)(F)C(F)(F)C(F)(F)C(F)(F)F)ccc1O. The van der Waals surface area contributed by atoms with Crippen molar-refractivity contribution in [1.29, 1.82) is 0 Å². The van der Waals surface area contributed by atoms with Gasteiger partial charge in [0.1, 0.15) is 11.5 Å². The Balaban J connectivity index is 3.46. The molecule has 0 unspecified atom stereocenters. The van der Waals surface area contributed by atoms with Gasteiger partial charge in [-0.05, 0) is 30.7 Å². The second-order valence-electron chi connectivity index (χ2n) is 6.89. The molecule has 0 aliphatic heterocycles. The van der Waals surface area contributed by atoms with Gasteiger partial charge in [-0.1, -0.05) is 0 Å². The van der Waals surface area contributed by atoms with Crippen molar-refractivity contribution < 1.29 is 84.5 Å². The summed E-state index contributed by atoms with van der Waals surface area (Å²) in [6.07, 6.45) is -7.80. The summed E-state index contributed by atoms with van der Waals surface area (Å²) >= 11 is 0. The molecule has 204 valence electrons. The Morgan fingerprint density at radius 3 is 1.34 bits per heavy atom. The van der Waals surface area contributed by atoms with Gasteiger partial charge in [0.05, 0.1) is 0 Å². The number of phenols is 1. The van der Waals surface area contributed by atoms with E-state index >= 15 is 0 Å². The Kier molecular flexibility index (Phi) is 7.31. The van der Waals surface area contributed by atoms with Crippen LogP contribution >= 0.6 is 0 Å². The van der Waals surface area contributed by atoms with Crippen molar-refractivity contribution >= 4 is 0 Å². The topological polar surface area (TPSA) is 29.5 Å². The van der Waals surface area contributed by atoms with Gasteiger partial charge < -0.3 is 9.84 Å². The molecule has 0 heterocycles. The Hall–Kier alpha value is -2.37. The molecule has 0 bridgehead atoms. The van der Waals surface area contributed by atoms with Gasteiger partial charge in [-0.15, -0.1) is 0 Å². The number of hydrogen-bond acceptors (Lipinski definition) is 2. The molecule has 0 saturated heterocycles. The Morgan fingerprint density at radius 1 is 0.600 bits per heavy atom. The van der Waals surface area contributed by atoms with Crippen LogP contribution in [0, 0.1) is 6.92 Å². The van der Waals surface area contributed by atoms with Crippen LogP contribution in [0.15, 0.2) is 18.2 Å². The molecule has 1 aromatic carbocycles. The average Bonchev–Trinajstić information content (AvgIpc) is 2.67. The summed E-state index contributed by atoms with van der Waals surface area (Å²) in [5, 5.41) is 9.18. The molecule has 0 atom stereocenters. The molecule has 1 rings (SSSR count). The predicted molar refractivity (Wildman–Crippen MR) is 79.0 cm³/mol. The van der Waals surface area contributed by atoms with Crippen molar-refractivity contribution in [2.75, 3.05) is 6.61 Å². The van der Waals surface area contributed by atoms with Crippen LogP contribution in [0.2, 0.25) is 0 Å². The maximum atomic E-state index is 13.7. The summed E-state index contributed by atoms with van der Waals surface area (Å²) in [5.41, 5.74) is -0.207. The highest BCUT2D eigenvalue weighted by Gasteiger charge is 2.95. The summed E-state index contributed by atoms with van der Waals surface area (Å²) in [6.45, 7) is -1.99. The molecule has 19 heteroatoms. The normalized spacial score (nSPS) is 15.4. The molecular weight excluding hydrogens is 547 g/mol. The molecule has 0 fully saturated rings. The largest absolute Gasteiger partial charge is 0.508 e. The number of phenolic OH excluding ortho intramolecular Hbond substituents is 1. The first-order valence-electron chi connectivity index (χ1n) is 8.27. The van der Waals surface area contributed by atoms with Crippen LogP contribution in [0.5, 0.6) is 11.5 Å². The number of alkyl halides is 17. The molecule has 1 N–H and O–H groups in total. The van der Waals surface area contributed by atoms with E-state index in [-0.39, 0.29) is 5.56 Å². The first-order chi connectivity index (χ1) is 15.1. The second kappa shape index (κ2) is 8.35. The minimum Gasteiger partial charge on any atom is -0.508 e. The zero-order chi connectivity index (χ0) is 28.3. The highest BCUT2D eigenvalue weighted by Crippen LogP contribution is 2.63. The van der Waals surface area contributed by atoms with Crippen molar-refractivity contribution in [2.24, 2.45) is 0 Å². The third kappa shape index (κ3) is 4.38. The molecule has 0 aromatic heterocycles.